The first kappa shape index (κ1) is 9.72. The van der Waals surface area contributed by atoms with Crippen molar-refractivity contribution in [3.05, 3.63) is 54.5 Å². The Hall–Kier alpha value is -2.49. The molecule has 0 atom stereocenters. The van der Waals surface area contributed by atoms with Crippen molar-refractivity contribution in [3.8, 4) is 11.5 Å². The third-order valence-electron chi connectivity index (χ3n) is 2.58. The molecule has 3 rings (SSSR count). The summed E-state index contributed by atoms with van der Waals surface area (Å²) in [5.74, 6) is 0.740. The highest BCUT2D eigenvalue weighted by Crippen LogP contribution is 2.17. The molecule has 0 aliphatic carbocycles. The summed E-state index contributed by atoms with van der Waals surface area (Å²) in [6, 6.07) is 9.29. The molecule has 0 N–H and O–H groups in total. The van der Waals surface area contributed by atoms with Gasteiger partial charge in [0.1, 0.15) is 5.69 Å². The second kappa shape index (κ2) is 3.83. The zero-order valence-electron chi connectivity index (χ0n) is 8.95. The van der Waals surface area contributed by atoms with Gasteiger partial charge in [0.15, 0.2) is 12.1 Å². The Bertz CT molecular complexity index is 673. The fraction of sp³-hybridized carbons (Fsp3) is 0. The lowest BCUT2D eigenvalue weighted by molar-refractivity contribution is 0.112. The fourth-order valence-electron chi connectivity index (χ4n) is 1.76. The third-order valence-corrected chi connectivity index (χ3v) is 2.58. The maximum atomic E-state index is 10.8. The zero-order valence-corrected chi connectivity index (χ0v) is 8.95. The molecular formula is C13H9N3O. The summed E-state index contributed by atoms with van der Waals surface area (Å²) < 4.78 is 1.87. The lowest BCUT2D eigenvalue weighted by Crippen LogP contribution is -1.93. The van der Waals surface area contributed by atoms with Crippen LogP contribution in [0.5, 0.6) is 0 Å². The summed E-state index contributed by atoms with van der Waals surface area (Å²) in [6.45, 7) is 0. The van der Waals surface area contributed by atoms with Gasteiger partial charge in [-0.2, -0.15) is 0 Å². The Labute approximate surface area is 97.6 Å². The van der Waals surface area contributed by atoms with Crippen molar-refractivity contribution >= 4 is 11.8 Å². The number of imidazole rings is 1. The third kappa shape index (κ3) is 1.59. The highest BCUT2D eigenvalue weighted by atomic mass is 16.1. The molecule has 0 unspecified atom stereocenters. The number of aromatic nitrogens is 3. The average Bonchev–Trinajstić information content (AvgIpc) is 2.82. The first-order valence-electron chi connectivity index (χ1n) is 5.22. The van der Waals surface area contributed by atoms with Crippen LogP contribution in [0.2, 0.25) is 0 Å². The van der Waals surface area contributed by atoms with Crippen LogP contribution in [0.1, 0.15) is 10.4 Å². The van der Waals surface area contributed by atoms with Crippen LogP contribution in [-0.2, 0) is 0 Å². The molecule has 0 amide bonds. The van der Waals surface area contributed by atoms with Crippen LogP contribution in [-0.4, -0.2) is 20.7 Å². The predicted octanol–water partition coefficient (Wildman–Crippen LogP) is 2.21. The lowest BCUT2D eigenvalue weighted by Gasteiger charge is -2.00. The van der Waals surface area contributed by atoms with E-state index in [0.717, 1.165) is 23.3 Å². The van der Waals surface area contributed by atoms with Gasteiger partial charge in [0.25, 0.3) is 0 Å². The molecule has 0 saturated heterocycles. The van der Waals surface area contributed by atoms with Gasteiger partial charge in [-0.25, -0.2) is 4.98 Å². The van der Waals surface area contributed by atoms with E-state index in [1.807, 2.05) is 28.7 Å². The standard InChI is InChI=1S/C13H9N3O/c17-9-10-4-5-11-7-15-13(16(11)8-10)12-3-1-2-6-14-12/h1-9H. The van der Waals surface area contributed by atoms with Gasteiger partial charge in [-0.3, -0.25) is 14.2 Å². The lowest BCUT2D eigenvalue weighted by atomic mass is 10.3. The minimum absolute atomic E-state index is 0.618. The molecule has 0 bridgehead atoms. The molecule has 0 aromatic carbocycles. The molecule has 0 radical (unpaired) electrons. The van der Waals surface area contributed by atoms with Crippen molar-refractivity contribution in [1.82, 2.24) is 14.4 Å². The molecule has 0 aliphatic heterocycles. The molecule has 17 heavy (non-hydrogen) atoms. The van der Waals surface area contributed by atoms with Gasteiger partial charge < -0.3 is 0 Å². The van der Waals surface area contributed by atoms with Crippen LogP contribution < -0.4 is 0 Å². The predicted molar refractivity (Wildman–Crippen MR) is 63.8 cm³/mol. The van der Waals surface area contributed by atoms with E-state index in [0.29, 0.717) is 5.56 Å². The minimum atomic E-state index is 0.618. The van der Waals surface area contributed by atoms with Gasteiger partial charge in [-0.15, -0.1) is 0 Å². The fourth-order valence-corrected chi connectivity index (χ4v) is 1.76. The molecule has 0 fully saturated rings. The number of pyridine rings is 2. The minimum Gasteiger partial charge on any atom is -0.298 e. The Balaban J connectivity index is 2.27. The van der Waals surface area contributed by atoms with Crippen LogP contribution in [0.4, 0.5) is 0 Å². The van der Waals surface area contributed by atoms with Crippen molar-refractivity contribution in [2.45, 2.75) is 0 Å². The van der Waals surface area contributed by atoms with Crippen LogP contribution in [0, 0.1) is 0 Å². The summed E-state index contributed by atoms with van der Waals surface area (Å²) in [4.78, 5) is 19.4. The van der Waals surface area contributed by atoms with Gasteiger partial charge in [-0.05, 0) is 24.3 Å². The number of carbonyl (C=O) groups excluding carboxylic acids is 1. The zero-order chi connectivity index (χ0) is 11.7. The maximum absolute atomic E-state index is 10.8. The van der Waals surface area contributed by atoms with E-state index in [2.05, 4.69) is 9.97 Å². The molecule has 3 heterocycles. The molecule has 4 nitrogen and oxygen atoms in total. The van der Waals surface area contributed by atoms with Gasteiger partial charge in [0.2, 0.25) is 0 Å². The van der Waals surface area contributed by atoms with Crippen LogP contribution in [0.25, 0.3) is 17.0 Å². The van der Waals surface area contributed by atoms with E-state index < -0.39 is 0 Å². The van der Waals surface area contributed by atoms with Crippen molar-refractivity contribution < 1.29 is 4.79 Å². The van der Waals surface area contributed by atoms with E-state index in [9.17, 15) is 4.79 Å². The molecule has 4 heteroatoms. The summed E-state index contributed by atoms with van der Waals surface area (Å²) in [7, 11) is 0. The van der Waals surface area contributed by atoms with Crippen LogP contribution >= 0.6 is 0 Å². The molecule has 0 aliphatic rings. The summed E-state index contributed by atoms with van der Waals surface area (Å²) in [6.07, 6.45) is 6.07. The summed E-state index contributed by atoms with van der Waals surface area (Å²) in [5, 5.41) is 0. The molecule has 0 spiro atoms. The molecular weight excluding hydrogens is 214 g/mol. The second-order valence-electron chi connectivity index (χ2n) is 3.67. The van der Waals surface area contributed by atoms with E-state index >= 15 is 0 Å². The number of carbonyl (C=O) groups is 1. The van der Waals surface area contributed by atoms with Crippen molar-refractivity contribution in [1.29, 1.82) is 0 Å². The first-order chi connectivity index (χ1) is 8.38. The second-order valence-corrected chi connectivity index (χ2v) is 3.67. The Morgan fingerprint density at radius 1 is 1.12 bits per heavy atom. The number of fused-ring (bicyclic) bond motifs is 1. The topological polar surface area (TPSA) is 47.3 Å². The number of aldehydes is 1. The number of hydrogen-bond donors (Lipinski definition) is 0. The van der Waals surface area contributed by atoms with Gasteiger partial charge in [0, 0.05) is 18.0 Å². The van der Waals surface area contributed by atoms with Crippen molar-refractivity contribution in [3.63, 3.8) is 0 Å². The normalized spacial score (nSPS) is 10.6. The van der Waals surface area contributed by atoms with Crippen LogP contribution in [0.15, 0.2) is 48.9 Å². The largest absolute Gasteiger partial charge is 0.298 e. The molecule has 0 saturated carbocycles. The van der Waals surface area contributed by atoms with Crippen molar-refractivity contribution in [2.24, 2.45) is 0 Å². The Kier molecular flexibility index (Phi) is 2.19. The SMILES string of the molecule is O=Cc1ccc2cnc(-c3ccccn3)n2c1. The van der Waals surface area contributed by atoms with Crippen molar-refractivity contribution in [2.75, 3.05) is 0 Å². The van der Waals surface area contributed by atoms with E-state index in [4.69, 9.17) is 0 Å². The first-order valence-corrected chi connectivity index (χ1v) is 5.22. The Morgan fingerprint density at radius 3 is 2.82 bits per heavy atom. The number of hydrogen-bond acceptors (Lipinski definition) is 3. The molecule has 3 aromatic heterocycles. The van der Waals surface area contributed by atoms with Gasteiger partial charge in [0.05, 0.1) is 11.7 Å². The average molecular weight is 223 g/mol. The maximum Gasteiger partial charge on any atom is 0.163 e. The summed E-state index contributed by atoms with van der Waals surface area (Å²) >= 11 is 0. The van der Waals surface area contributed by atoms with E-state index in [-0.39, 0.29) is 0 Å². The van der Waals surface area contributed by atoms with E-state index in [1.54, 1.807) is 24.7 Å². The number of rotatable bonds is 2. The molecule has 82 valence electrons. The monoisotopic (exact) mass is 223 g/mol. The Morgan fingerprint density at radius 2 is 2.06 bits per heavy atom. The highest BCUT2D eigenvalue weighted by Gasteiger charge is 2.07. The smallest absolute Gasteiger partial charge is 0.163 e. The summed E-state index contributed by atoms with van der Waals surface area (Å²) in [5.41, 5.74) is 2.35. The van der Waals surface area contributed by atoms with Gasteiger partial charge in [-0.1, -0.05) is 6.07 Å². The number of nitrogens with zero attached hydrogens (tertiary/aromatic N) is 3. The highest BCUT2D eigenvalue weighted by molar-refractivity contribution is 5.76. The van der Waals surface area contributed by atoms with Gasteiger partial charge >= 0.3 is 0 Å². The quantitative estimate of drug-likeness (QED) is 0.626. The molecule has 3 aromatic rings. The van der Waals surface area contributed by atoms with E-state index in [1.165, 1.54) is 0 Å². The van der Waals surface area contributed by atoms with Crippen LogP contribution in [0.3, 0.4) is 0 Å².